The van der Waals surface area contributed by atoms with Gasteiger partial charge in [0.15, 0.2) is 0 Å². The van der Waals surface area contributed by atoms with Gasteiger partial charge in [-0.25, -0.2) is 0 Å². The molecule has 2 rings (SSSR count). The Morgan fingerprint density at radius 2 is 2.11 bits per heavy atom. The van der Waals surface area contributed by atoms with Crippen molar-refractivity contribution in [3.05, 3.63) is 33.8 Å². The number of halogens is 2. The quantitative estimate of drug-likeness (QED) is 0.777. The molecule has 1 aromatic rings. The Labute approximate surface area is 126 Å². The van der Waals surface area contributed by atoms with Gasteiger partial charge < -0.3 is 5.32 Å². The molecule has 0 bridgehead atoms. The Morgan fingerprint density at radius 3 is 2.79 bits per heavy atom. The fraction of sp³-hybridized carbons (Fsp3) is 0.625. The number of hydrogen-bond donors (Lipinski definition) is 1. The van der Waals surface area contributed by atoms with Gasteiger partial charge in [-0.15, -0.1) is 0 Å². The third-order valence-corrected chi connectivity index (χ3v) is 5.02. The summed E-state index contributed by atoms with van der Waals surface area (Å²) in [6.07, 6.45) is 5.25. The molecule has 1 nitrogen and oxygen atoms in total. The lowest BCUT2D eigenvalue weighted by atomic mass is 9.76. The normalized spacial score (nSPS) is 25.3. The molecule has 3 atom stereocenters. The summed E-state index contributed by atoms with van der Waals surface area (Å²) in [5.74, 6) is 1.48. The second-order valence-corrected chi connectivity index (χ2v) is 6.50. The maximum absolute atomic E-state index is 6.41. The van der Waals surface area contributed by atoms with E-state index in [2.05, 4.69) is 25.2 Å². The Bertz CT molecular complexity index is 419. The van der Waals surface area contributed by atoms with E-state index in [1.165, 1.54) is 25.7 Å². The van der Waals surface area contributed by atoms with E-state index >= 15 is 0 Å². The van der Waals surface area contributed by atoms with Crippen molar-refractivity contribution >= 4 is 23.2 Å². The molecule has 0 saturated heterocycles. The molecule has 19 heavy (non-hydrogen) atoms. The van der Waals surface area contributed by atoms with Gasteiger partial charge in [0.25, 0.3) is 0 Å². The maximum Gasteiger partial charge on any atom is 0.0640 e. The van der Waals surface area contributed by atoms with Crippen LogP contribution in [0.4, 0.5) is 0 Å². The molecule has 1 saturated carbocycles. The van der Waals surface area contributed by atoms with Crippen LogP contribution in [-0.4, -0.2) is 6.54 Å². The third-order valence-electron chi connectivity index (χ3n) is 4.19. The highest BCUT2D eigenvalue weighted by molar-refractivity contribution is 6.42. The first kappa shape index (κ1) is 15.2. The van der Waals surface area contributed by atoms with Gasteiger partial charge in [0, 0.05) is 6.04 Å². The highest BCUT2D eigenvalue weighted by Gasteiger charge is 2.28. The Balaban J connectivity index is 2.26. The van der Waals surface area contributed by atoms with Crippen LogP contribution in [0.25, 0.3) is 0 Å². The van der Waals surface area contributed by atoms with Crippen molar-refractivity contribution in [1.82, 2.24) is 5.32 Å². The molecule has 3 unspecified atom stereocenters. The van der Waals surface area contributed by atoms with Crippen LogP contribution >= 0.6 is 23.2 Å². The van der Waals surface area contributed by atoms with Crippen LogP contribution in [0.5, 0.6) is 0 Å². The molecule has 0 aliphatic heterocycles. The van der Waals surface area contributed by atoms with Crippen molar-refractivity contribution in [2.45, 2.75) is 45.6 Å². The van der Waals surface area contributed by atoms with Gasteiger partial charge in [0.1, 0.15) is 0 Å². The Morgan fingerprint density at radius 1 is 1.32 bits per heavy atom. The molecular weight excluding hydrogens is 277 g/mol. The second-order valence-electron chi connectivity index (χ2n) is 5.71. The topological polar surface area (TPSA) is 12.0 Å². The highest BCUT2D eigenvalue weighted by Crippen LogP contribution is 2.40. The predicted octanol–water partition coefficient (Wildman–Crippen LogP) is 5.47. The third kappa shape index (κ3) is 3.65. The van der Waals surface area contributed by atoms with E-state index in [0.717, 1.165) is 18.0 Å². The zero-order valence-corrected chi connectivity index (χ0v) is 13.3. The summed E-state index contributed by atoms with van der Waals surface area (Å²) >= 11 is 12.6. The van der Waals surface area contributed by atoms with Crippen molar-refractivity contribution in [1.29, 1.82) is 0 Å². The molecule has 1 aliphatic rings. The van der Waals surface area contributed by atoms with Crippen LogP contribution in [0.15, 0.2) is 18.2 Å². The Hall–Kier alpha value is -0.240. The van der Waals surface area contributed by atoms with E-state index in [0.29, 0.717) is 22.0 Å². The standard InChI is InChI=1S/C16H23Cl2N/c1-3-19-16(12-7-4-6-11(2)10-12)13-8-5-9-14(17)15(13)18/h5,8-9,11-12,16,19H,3-4,6-7,10H2,1-2H3. The van der Waals surface area contributed by atoms with Gasteiger partial charge in [-0.05, 0) is 42.9 Å². The van der Waals surface area contributed by atoms with Crippen LogP contribution in [0, 0.1) is 11.8 Å². The molecule has 1 fully saturated rings. The van der Waals surface area contributed by atoms with E-state index in [1.807, 2.05) is 12.1 Å². The van der Waals surface area contributed by atoms with Crippen LogP contribution in [0.3, 0.4) is 0 Å². The number of nitrogens with one attached hydrogen (secondary N) is 1. The average Bonchev–Trinajstić information content (AvgIpc) is 2.40. The molecule has 106 valence electrons. The molecule has 0 amide bonds. The predicted molar refractivity (Wildman–Crippen MR) is 84.0 cm³/mol. The lowest BCUT2D eigenvalue weighted by molar-refractivity contribution is 0.225. The van der Waals surface area contributed by atoms with Crippen LogP contribution in [0.2, 0.25) is 10.0 Å². The number of benzene rings is 1. The maximum atomic E-state index is 6.41. The minimum Gasteiger partial charge on any atom is -0.310 e. The van der Waals surface area contributed by atoms with Crippen molar-refractivity contribution in [3.8, 4) is 0 Å². The van der Waals surface area contributed by atoms with Crippen molar-refractivity contribution in [2.24, 2.45) is 11.8 Å². The molecule has 1 N–H and O–H groups in total. The van der Waals surface area contributed by atoms with Crippen molar-refractivity contribution in [3.63, 3.8) is 0 Å². The highest BCUT2D eigenvalue weighted by atomic mass is 35.5. The van der Waals surface area contributed by atoms with E-state index < -0.39 is 0 Å². The fourth-order valence-corrected chi connectivity index (χ4v) is 3.72. The van der Waals surface area contributed by atoms with Crippen molar-refractivity contribution in [2.75, 3.05) is 6.54 Å². The summed E-state index contributed by atoms with van der Waals surface area (Å²) in [6.45, 7) is 5.46. The second kappa shape index (κ2) is 6.97. The van der Waals surface area contributed by atoms with Gasteiger partial charge in [-0.1, -0.05) is 62.0 Å². The zero-order chi connectivity index (χ0) is 13.8. The first-order chi connectivity index (χ1) is 9.13. The smallest absolute Gasteiger partial charge is 0.0640 e. The monoisotopic (exact) mass is 299 g/mol. The van der Waals surface area contributed by atoms with Crippen LogP contribution < -0.4 is 5.32 Å². The molecule has 0 radical (unpaired) electrons. The van der Waals surface area contributed by atoms with Crippen LogP contribution in [0.1, 0.15) is 51.1 Å². The van der Waals surface area contributed by atoms with Gasteiger partial charge in [-0.3, -0.25) is 0 Å². The largest absolute Gasteiger partial charge is 0.310 e. The lowest BCUT2D eigenvalue weighted by Gasteiger charge is -2.34. The van der Waals surface area contributed by atoms with Gasteiger partial charge in [0.05, 0.1) is 10.0 Å². The molecule has 0 aromatic heterocycles. The average molecular weight is 300 g/mol. The summed E-state index contributed by atoms with van der Waals surface area (Å²) in [5.41, 5.74) is 1.16. The minimum absolute atomic E-state index is 0.332. The molecule has 3 heteroatoms. The summed E-state index contributed by atoms with van der Waals surface area (Å²) in [6, 6.07) is 6.31. The lowest BCUT2D eigenvalue weighted by Crippen LogP contribution is -2.31. The number of hydrogen-bond acceptors (Lipinski definition) is 1. The SMILES string of the molecule is CCNC(c1cccc(Cl)c1Cl)C1CCCC(C)C1. The van der Waals surface area contributed by atoms with E-state index in [-0.39, 0.29) is 0 Å². The van der Waals surface area contributed by atoms with Gasteiger partial charge in [0.2, 0.25) is 0 Å². The number of rotatable bonds is 4. The first-order valence-corrected chi connectivity index (χ1v) is 8.06. The molecular formula is C16H23Cl2N. The molecule has 1 aromatic carbocycles. The van der Waals surface area contributed by atoms with Crippen molar-refractivity contribution < 1.29 is 0 Å². The summed E-state index contributed by atoms with van der Waals surface area (Å²) in [7, 11) is 0. The Kier molecular flexibility index (Phi) is 5.56. The van der Waals surface area contributed by atoms with E-state index in [9.17, 15) is 0 Å². The van der Waals surface area contributed by atoms with E-state index in [1.54, 1.807) is 0 Å². The summed E-state index contributed by atoms with van der Waals surface area (Å²) in [4.78, 5) is 0. The van der Waals surface area contributed by atoms with Gasteiger partial charge >= 0.3 is 0 Å². The fourth-order valence-electron chi connectivity index (χ4n) is 3.29. The molecule has 1 aliphatic carbocycles. The molecule has 0 spiro atoms. The molecule has 0 heterocycles. The minimum atomic E-state index is 0.332. The zero-order valence-electron chi connectivity index (χ0n) is 11.8. The summed E-state index contributed by atoms with van der Waals surface area (Å²) in [5, 5.41) is 4.99. The summed E-state index contributed by atoms with van der Waals surface area (Å²) < 4.78 is 0. The van der Waals surface area contributed by atoms with Gasteiger partial charge in [-0.2, -0.15) is 0 Å². The van der Waals surface area contributed by atoms with Crippen LogP contribution in [-0.2, 0) is 0 Å². The van der Waals surface area contributed by atoms with E-state index in [4.69, 9.17) is 23.2 Å². The first-order valence-electron chi connectivity index (χ1n) is 7.30.